The Balaban J connectivity index is 1.78. The Kier molecular flexibility index (Phi) is 5.83. The van der Waals surface area contributed by atoms with Crippen LogP contribution in [0.25, 0.3) is 0 Å². The molecule has 0 spiro atoms. The summed E-state index contributed by atoms with van der Waals surface area (Å²) in [5.74, 6) is -0.499. The van der Waals surface area contributed by atoms with Gasteiger partial charge in [-0.3, -0.25) is 9.59 Å². The van der Waals surface area contributed by atoms with Gasteiger partial charge in [0.25, 0.3) is 0 Å². The van der Waals surface area contributed by atoms with Crippen LogP contribution in [0.3, 0.4) is 0 Å². The van der Waals surface area contributed by atoms with Crippen LogP contribution in [0.2, 0.25) is 5.02 Å². The fourth-order valence-corrected chi connectivity index (χ4v) is 2.58. The van der Waals surface area contributed by atoms with Crippen LogP contribution in [-0.4, -0.2) is 18.4 Å². The third-order valence-electron chi connectivity index (χ3n) is 3.98. The van der Waals surface area contributed by atoms with Crippen LogP contribution in [0.15, 0.2) is 18.2 Å². The maximum absolute atomic E-state index is 12.1. The lowest BCUT2D eigenvalue weighted by molar-refractivity contribution is -0.125. The summed E-state index contributed by atoms with van der Waals surface area (Å²) >= 11 is 6.04. The first-order valence-corrected chi connectivity index (χ1v) is 8.25. The number of carbonyl (C=O) groups excluding carboxylic acids is 2. The van der Waals surface area contributed by atoms with Gasteiger partial charge in [0.05, 0.1) is 11.8 Å². The number of nitrogens with one attached hydrogen (secondary N) is 2. The molecule has 0 heterocycles. The standard InChI is InChI=1S/C17H23ClN2O2/c1-3-4-5-8-19-16(21)13-10-14(13)17(22)20-12-7-6-11(2)15(18)9-12/h6-7,9,13-14H,3-5,8,10H2,1-2H3,(H,19,21)(H,20,22). The van der Waals surface area contributed by atoms with Crippen LogP contribution in [-0.2, 0) is 9.59 Å². The Morgan fingerprint density at radius 2 is 1.95 bits per heavy atom. The van der Waals surface area contributed by atoms with Crippen molar-refractivity contribution in [3.8, 4) is 0 Å². The molecule has 0 bridgehead atoms. The van der Waals surface area contributed by atoms with Gasteiger partial charge in [-0.05, 0) is 37.5 Å². The van der Waals surface area contributed by atoms with Gasteiger partial charge in [-0.1, -0.05) is 37.4 Å². The van der Waals surface area contributed by atoms with Crippen molar-refractivity contribution in [3.63, 3.8) is 0 Å². The number of anilines is 1. The van der Waals surface area contributed by atoms with E-state index in [0.717, 1.165) is 24.8 Å². The third-order valence-corrected chi connectivity index (χ3v) is 4.39. The number of hydrogen-bond acceptors (Lipinski definition) is 2. The van der Waals surface area contributed by atoms with Crippen LogP contribution in [0, 0.1) is 18.8 Å². The number of amides is 2. The van der Waals surface area contributed by atoms with E-state index in [1.54, 1.807) is 6.07 Å². The zero-order chi connectivity index (χ0) is 16.1. The van der Waals surface area contributed by atoms with Gasteiger partial charge in [0.1, 0.15) is 0 Å². The number of hydrogen-bond donors (Lipinski definition) is 2. The van der Waals surface area contributed by atoms with Crippen molar-refractivity contribution < 1.29 is 9.59 Å². The molecule has 0 saturated heterocycles. The minimum atomic E-state index is -0.216. The number of unbranched alkanes of at least 4 members (excludes halogenated alkanes) is 2. The van der Waals surface area contributed by atoms with Crippen LogP contribution >= 0.6 is 11.6 Å². The highest BCUT2D eigenvalue weighted by atomic mass is 35.5. The average molecular weight is 323 g/mol. The molecule has 2 unspecified atom stereocenters. The number of halogens is 1. The molecule has 1 fully saturated rings. The van der Waals surface area contributed by atoms with Gasteiger partial charge in [-0.15, -0.1) is 0 Å². The summed E-state index contributed by atoms with van der Waals surface area (Å²) < 4.78 is 0. The Hall–Kier alpha value is -1.55. The van der Waals surface area contributed by atoms with E-state index in [-0.39, 0.29) is 23.7 Å². The van der Waals surface area contributed by atoms with Crippen molar-refractivity contribution in [2.24, 2.45) is 11.8 Å². The maximum atomic E-state index is 12.1. The zero-order valence-corrected chi connectivity index (χ0v) is 13.9. The molecule has 0 aliphatic heterocycles. The number of carbonyl (C=O) groups is 2. The number of rotatable bonds is 7. The number of aryl methyl sites for hydroxylation is 1. The van der Waals surface area contributed by atoms with Gasteiger partial charge in [0.15, 0.2) is 0 Å². The van der Waals surface area contributed by atoms with Crippen LogP contribution < -0.4 is 10.6 Å². The largest absolute Gasteiger partial charge is 0.356 e. The van der Waals surface area contributed by atoms with Gasteiger partial charge >= 0.3 is 0 Å². The second kappa shape index (κ2) is 7.63. The highest BCUT2D eigenvalue weighted by Gasteiger charge is 2.47. The molecule has 2 atom stereocenters. The second-order valence-corrected chi connectivity index (χ2v) is 6.31. The minimum absolute atomic E-state index is 0.00167. The number of benzene rings is 1. The summed E-state index contributed by atoms with van der Waals surface area (Å²) in [6.45, 7) is 4.74. The van der Waals surface area contributed by atoms with Crippen LogP contribution in [0.5, 0.6) is 0 Å². The molecule has 4 nitrogen and oxygen atoms in total. The molecule has 1 aromatic carbocycles. The molecule has 1 saturated carbocycles. The molecule has 5 heteroatoms. The maximum Gasteiger partial charge on any atom is 0.228 e. The smallest absolute Gasteiger partial charge is 0.228 e. The lowest BCUT2D eigenvalue weighted by Gasteiger charge is -2.07. The average Bonchev–Trinajstić information content (AvgIpc) is 3.28. The van der Waals surface area contributed by atoms with E-state index in [4.69, 9.17) is 11.6 Å². The molecule has 2 rings (SSSR count). The summed E-state index contributed by atoms with van der Waals surface area (Å²) in [5.41, 5.74) is 1.64. The Bertz CT molecular complexity index is 560. The quantitative estimate of drug-likeness (QED) is 0.754. The minimum Gasteiger partial charge on any atom is -0.356 e. The fourth-order valence-electron chi connectivity index (χ4n) is 2.40. The molecule has 2 amide bonds. The Morgan fingerprint density at radius 3 is 2.64 bits per heavy atom. The molecule has 0 radical (unpaired) electrons. The van der Waals surface area contributed by atoms with Crippen molar-refractivity contribution in [1.82, 2.24) is 5.32 Å². The summed E-state index contributed by atoms with van der Waals surface area (Å²) in [6.07, 6.45) is 3.87. The normalized spacial score (nSPS) is 19.6. The summed E-state index contributed by atoms with van der Waals surface area (Å²) in [4.78, 5) is 24.1. The fraction of sp³-hybridized carbons (Fsp3) is 0.529. The van der Waals surface area contributed by atoms with Crippen molar-refractivity contribution in [2.45, 2.75) is 39.5 Å². The highest BCUT2D eigenvalue weighted by Crippen LogP contribution is 2.39. The summed E-state index contributed by atoms with van der Waals surface area (Å²) in [6, 6.07) is 5.42. The van der Waals surface area contributed by atoms with Gasteiger partial charge < -0.3 is 10.6 Å². The Morgan fingerprint density at radius 1 is 1.23 bits per heavy atom. The Labute approximate surface area is 136 Å². The molecule has 22 heavy (non-hydrogen) atoms. The van der Waals surface area contributed by atoms with Crippen molar-refractivity contribution in [3.05, 3.63) is 28.8 Å². The summed E-state index contributed by atoms with van der Waals surface area (Å²) in [5, 5.41) is 6.36. The highest BCUT2D eigenvalue weighted by molar-refractivity contribution is 6.31. The van der Waals surface area contributed by atoms with Crippen molar-refractivity contribution in [1.29, 1.82) is 0 Å². The predicted octanol–water partition coefficient (Wildman–Crippen LogP) is 3.53. The van der Waals surface area contributed by atoms with Crippen molar-refractivity contribution >= 4 is 29.1 Å². The molecule has 0 aromatic heterocycles. The lowest BCUT2D eigenvalue weighted by Crippen LogP contribution is -2.28. The molecule has 1 aliphatic rings. The van der Waals surface area contributed by atoms with E-state index in [0.29, 0.717) is 23.7 Å². The van der Waals surface area contributed by atoms with Crippen molar-refractivity contribution in [2.75, 3.05) is 11.9 Å². The first-order valence-electron chi connectivity index (χ1n) is 7.87. The molecule has 120 valence electrons. The van der Waals surface area contributed by atoms with Crippen LogP contribution in [0.4, 0.5) is 5.69 Å². The first-order chi connectivity index (χ1) is 10.5. The molecular formula is C17H23ClN2O2. The van der Waals surface area contributed by atoms with Gasteiger partial charge in [-0.25, -0.2) is 0 Å². The SMILES string of the molecule is CCCCCNC(=O)C1CC1C(=O)Nc1ccc(C)c(Cl)c1. The van der Waals surface area contributed by atoms with Gasteiger partial charge in [0, 0.05) is 17.3 Å². The van der Waals surface area contributed by atoms with E-state index >= 15 is 0 Å². The lowest BCUT2D eigenvalue weighted by atomic mass is 10.2. The molecule has 1 aliphatic carbocycles. The molecule has 1 aromatic rings. The topological polar surface area (TPSA) is 58.2 Å². The van der Waals surface area contributed by atoms with E-state index in [1.807, 2.05) is 19.1 Å². The predicted molar refractivity (Wildman–Crippen MR) is 89.0 cm³/mol. The second-order valence-electron chi connectivity index (χ2n) is 5.90. The van der Waals surface area contributed by atoms with Crippen LogP contribution in [0.1, 0.15) is 38.2 Å². The zero-order valence-electron chi connectivity index (χ0n) is 13.1. The third kappa shape index (κ3) is 4.47. The molecule has 2 N–H and O–H groups in total. The van der Waals surface area contributed by atoms with Gasteiger partial charge in [-0.2, -0.15) is 0 Å². The van der Waals surface area contributed by atoms with E-state index in [9.17, 15) is 9.59 Å². The van der Waals surface area contributed by atoms with Gasteiger partial charge in [0.2, 0.25) is 11.8 Å². The van der Waals surface area contributed by atoms with E-state index < -0.39 is 0 Å². The molecular weight excluding hydrogens is 300 g/mol. The van der Waals surface area contributed by atoms with E-state index in [2.05, 4.69) is 17.6 Å². The summed E-state index contributed by atoms with van der Waals surface area (Å²) in [7, 11) is 0. The monoisotopic (exact) mass is 322 g/mol. The first kappa shape index (κ1) is 16.8. The van der Waals surface area contributed by atoms with E-state index in [1.165, 1.54) is 0 Å².